The molecule has 0 saturated heterocycles. The highest BCUT2D eigenvalue weighted by molar-refractivity contribution is 6.35. The fraction of sp³-hybridized carbons (Fsp3) is 0.241. The summed E-state index contributed by atoms with van der Waals surface area (Å²) in [7, 11) is 1.61. The van der Waals surface area contributed by atoms with Crippen LogP contribution in [-0.2, 0) is 22.7 Å². The van der Waals surface area contributed by atoms with Crippen LogP contribution in [-0.4, -0.2) is 35.3 Å². The largest absolute Gasteiger partial charge is 0.497 e. The van der Waals surface area contributed by atoms with Gasteiger partial charge in [0.2, 0.25) is 0 Å². The van der Waals surface area contributed by atoms with E-state index in [1.165, 1.54) is 4.90 Å². The molecule has 1 heterocycles. The summed E-state index contributed by atoms with van der Waals surface area (Å²) in [5.41, 5.74) is 5.91. The van der Waals surface area contributed by atoms with Gasteiger partial charge in [-0.3, -0.25) is 14.5 Å². The molecule has 5 heteroatoms. The van der Waals surface area contributed by atoms with Gasteiger partial charge in [-0.05, 0) is 60.7 Å². The lowest BCUT2D eigenvalue weighted by molar-refractivity contribution is -0.138. The highest BCUT2D eigenvalue weighted by Crippen LogP contribution is 2.34. The van der Waals surface area contributed by atoms with E-state index in [9.17, 15) is 9.59 Å². The number of methoxy groups -OCH3 is 1. The van der Waals surface area contributed by atoms with Crippen LogP contribution in [0.2, 0.25) is 0 Å². The molecule has 0 aromatic heterocycles. The second-order valence-corrected chi connectivity index (χ2v) is 8.57. The first-order chi connectivity index (χ1) is 16.4. The number of amides is 2. The number of hydrogen-bond acceptors (Lipinski definition) is 4. The van der Waals surface area contributed by atoms with Crippen molar-refractivity contribution in [2.45, 2.75) is 33.9 Å². The molecule has 0 radical (unpaired) electrons. The molecule has 34 heavy (non-hydrogen) atoms. The molecule has 4 rings (SSSR count). The summed E-state index contributed by atoms with van der Waals surface area (Å²) >= 11 is 0. The van der Waals surface area contributed by atoms with Gasteiger partial charge in [0.25, 0.3) is 11.8 Å². The quantitative estimate of drug-likeness (QED) is 0.444. The number of hydrogen-bond donors (Lipinski definition) is 0. The highest BCUT2D eigenvalue weighted by atomic mass is 16.5. The molecule has 2 amide bonds. The number of rotatable bonds is 8. The lowest BCUT2D eigenvalue weighted by Crippen LogP contribution is -2.34. The Morgan fingerprint density at radius 3 is 2.15 bits per heavy atom. The van der Waals surface area contributed by atoms with Crippen molar-refractivity contribution in [2.75, 3.05) is 13.7 Å². The van der Waals surface area contributed by atoms with Crippen molar-refractivity contribution in [3.63, 3.8) is 0 Å². The van der Waals surface area contributed by atoms with E-state index in [1.807, 2.05) is 98.5 Å². The van der Waals surface area contributed by atoms with Crippen LogP contribution in [0.5, 0.6) is 5.75 Å². The number of nitrogens with zero attached hydrogens (tertiary/aromatic N) is 2. The third-order valence-corrected chi connectivity index (χ3v) is 6.35. The van der Waals surface area contributed by atoms with Gasteiger partial charge >= 0.3 is 0 Å². The molecule has 5 nitrogen and oxygen atoms in total. The molecule has 0 fully saturated rings. The van der Waals surface area contributed by atoms with E-state index >= 15 is 0 Å². The Morgan fingerprint density at radius 1 is 0.824 bits per heavy atom. The van der Waals surface area contributed by atoms with Gasteiger partial charge in [-0.2, -0.15) is 0 Å². The Hall–Kier alpha value is -3.86. The summed E-state index contributed by atoms with van der Waals surface area (Å²) in [6, 6.07) is 23.4. The van der Waals surface area contributed by atoms with E-state index < -0.39 is 0 Å². The van der Waals surface area contributed by atoms with Crippen molar-refractivity contribution < 1.29 is 14.3 Å². The molecule has 1 aliphatic heterocycles. The standard InChI is InChI=1S/C29H30N2O3/c1-5-30(18-22-9-7-6-8-10-22)27-26(24-14-11-20(2)21(3)17-24)28(32)31(29(27)33)19-23-12-15-25(34-4)16-13-23/h6-17H,5,18-19H2,1-4H3. The monoisotopic (exact) mass is 454 g/mol. The van der Waals surface area contributed by atoms with E-state index in [4.69, 9.17) is 4.74 Å². The minimum atomic E-state index is -0.259. The summed E-state index contributed by atoms with van der Waals surface area (Å²) in [4.78, 5) is 30.8. The molecular formula is C29H30N2O3. The fourth-order valence-electron chi connectivity index (χ4n) is 4.22. The first kappa shape index (κ1) is 23.3. The van der Waals surface area contributed by atoms with Gasteiger partial charge in [-0.1, -0.05) is 60.7 Å². The molecule has 3 aromatic carbocycles. The minimum absolute atomic E-state index is 0.211. The van der Waals surface area contributed by atoms with Gasteiger partial charge in [0.15, 0.2) is 0 Å². The van der Waals surface area contributed by atoms with Crippen LogP contribution >= 0.6 is 0 Å². The van der Waals surface area contributed by atoms with Gasteiger partial charge in [-0.15, -0.1) is 0 Å². The average Bonchev–Trinajstić information content (AvgIpc) is 3.10. The SMILES string of the molecule is CCN(Cc1ccccc1)C1=C(c2ccc(C)c(C)c2)C(=O)N(Cc2ccc(OC)cc2)C1=O. The molecular weight excluding hydrogens is 424 g/mol. The fourth-order valence-corrected chi connectivity index (χ4v) is 4.22. The number of ether oxygens (including phenoxy) is 1. The Bertz CT molecular complexity index is 1230. The maximum absolute atomic E-state index is 13.8. The Morgan fingerprint density at radius 2 is 1.53 bits per heavy atom. The third-order valence-electron chi connectivity index (χ3n) is 6.35. The van der Waals surface area contributed by atoms with Crippen LogP contribution in [0.1, 0.15) is 34.7 Å². The van der Waals surface area contributed by atoms with Crippen molar-refractivity contribution in [3.05, 3.63) is 106 Å². The smallest absolute Gasteiger partial charge is 0.278 e. The second kappa shape index (κ2) is 9.96. The average molecular weight is 455 g/mol. The zero-order chi connectivity index (χ0) is 24.2. The summed E-state index contributed by atoms with van der Waals surface area (Å²) in [6.07, 6.45) is 0. The molecule has 1 aliphatic rings. The van der Waals surface area contributed by atoms with Crippen molar-refractivity contribution >= 4 is 17.4 Å². The number of aryl methyl sites for hydroxylation is 2. The predicted molar refractivity (Wildman–Crippen MR) is 134 cm³/mol. The third kappa shape index (κ3) is 4.60. The number of imide groups is 1. The van der Waals surface area contributed by atoms with Gasteiger partial charge in [0.05, 0.1) is 19.2 Å². The van der Waals surface area contributed by atoms with Gasteiger partial charge in [0, 0.05) is 13.1 Å². The van der Waals surface area contributed by atoms with Crippen molar-refractivity contribution in [2.24, 2.45) is 0 Å². The van der Waals surface area contributed by atoms with Gasteiger partial charge in [-0.25, -0.2) is 0 Å². The van der Waals surface area contributed by atoms with E-state index in [1.54, 1.807) is 7.11 Å². The number of carbonyl (C=O) groups excluding carboxylic acids is 2. The molecule has 0 saturated carbocycles. The van der Waals surface area contributed by atoms with Crippen LogP contribution in [0, 0.1) is 13.8 Å². The van der Waals surface area contributed by atoms with Gasteiger partial charge in [0.1, 0.15) is 11.4 Å². The maximum atomic E-state index is 13.8. The second-order valence-electron chi connectivity index (χ2n) is 8.57. The van der Waals surface area contributed by atoms with E-state index in [-0.39, 0.29) is 18.4 Å². The number of likely N-dealkylation sites (N-methyl/N-ethyl adjacent to an activating group) is 1. The van der Waals surface area contributed by atoms with E-state index in [0.29, 0.717) is 24.4 Å². The van der Waals surface area contributed by atoms with Crippen molar-refractivity contribution in [1.82, 2.24) is 9.80 Å². The van der Waals surface area contributed by atoms with Crippen LogP contribution in [0.4, 0.5) is 0 Å². The van der Waals surface area contributed by atoms with E-state index in [0.717, 1.165) is 33.6 Å². The Balaban J connectivity index is 1.75. The molecule has 0 bridgehead atoms. The normalized spacial score (nSPS) is 13.6. The minimum Gasteiger partial charge on any atom is -0.497 e. The molecule has 0 spiro atoms. The lowest BCUT2D eigenvalue weighted by atomic mass is 9.99. The van der Waals surface area contributed by atoms with Crippen molar-refractivity contribution in [1.29, 1.82) is 0 Å². The molecule has 0 aliphatic carbocycles. The first-order valence-electron chi connectivity index (χ1n) is 11.5. The Labute approximate surface area is 201 Å². The van der Waals surface area contributed by atoms with Gasteiger partial charge < -0.3 is 9.64 Å². The number of carbonyl (C=O) groups is 2. The van der Waals surface area contributed by atoms with Crippen LogP contribution in [0.3, 0.4) is 0 Å². The zero-order valence-corrected chi connectivity index (χ0v) is 20.2. The highest BCUT2D eigenvalue weighted by Gasteiger charge is 2.41. The number of benzene rings is 3. The van der Waals surface area contributed by atoms with Crippen LogP contribution in [0.15, 0.2) is 78.5 Å². The van der Waals surface area contributed by atoms with Crippen LogP contribution in [0.25, 0.3) is 5.57 Å². The van der Waals surface area contributed by atoms with Crippen LogP contribution < -0.4 is 4.74 Å². The summed E-state index contributed by atoms with van der Waals surface area (Å²) in [5, 5.41) is 0. The maximum Gasteiger partial charge on any atom is 0.278 e. The molecule has 0 unspecified atom stereocenters. The lowest BCUT2D eigenvalue weighted by Gasteiger charge is -2.25. The van der Waals surface area contributed by atoms with E-state index in [2.05, 4.69) is 0 Å². The topological polar surface area (TPSA) is 49.9 Å². The van der Waals surface area contributed by atoms with Crippen molar-refractivity contribution in [3.8, 4) is 5.75 Å². The molecule has 174 valence electrons. The Kier molecular flexibility index (Phi) is 6.82. The summed E-state index contributed by atoms with van der Waals surface area (Å²) in [5.74, 6) is 0.217. The molecule has 0 atom stereocenters. The molecule has 0 N–H and O–H groups in total. The summed E-state index contributed by atoms with van der Waals surface area (Å²) < 4.78 is 5.23. The molecule has 3 aromatic rings. The summed E-state index contributed by atoms with van der Waals surface area (Å²) in [6.45, 7) is 7.45. The zero-order valence-electron chi connectivity index (χ0n) is 20.2. The predicted octanol–water partition coefficient (Wildman–Crippen LogP) is 5.11. The first-order valence-corrected chi connectivity index (χ1v) is 11.5.